The number of amides is 1. The number of rotatable bonds is 4. The molecule has 0 radical (unpaired) electrons. The van der Waals surface area contributed by atoms with E-state index in [1.165, 1.54) is 0 Å². The summed E-state index contributed by atoms with van der Waals surface area (Å²) < 4.78 is 5.45. The second-order valence-electron chi connectivity index (χ2n) is 5.26. The van der Waals surface area contributed by atoms with Crippen LogP contribution in [-0.4, -0.2) is 18.6 Å². The van der Waals surface area contributed by atoms with Gasteiger partial charge in [0.15, 0.2) is 0 Å². The van der Waals surface area contributed by atoms with E-state index in [9.17, 15) is 4.79 Å². The molecule has 0 heterocycles. The van der Waals surface area contributed by atoms with Gasteiger partial charge in [-0.3, -0.25) is 4.79 Å². The topological polar surface area (TPSA) is 64.3 Å². The zero-order chi connectivity index (χ0) is 13.8. The smallest absolute Gasteiger partial charge is 0.241 e. The molecular formula is C14H22N2O2. The standard InChI is InChI=1S/C14H22N2O2/c1-5-18-11-9-7-6-8-10(11)16-13(17)12(15)14(2,3)4/h6-9,12H,5,15H2,1-4H3,(H,16,17). The summed E-state index contributed by atoms with van der Waals surface area (Å²) >= 11 is 0. The van der Waals surface area contributed by atoms with Gasteiger partial charge in [-0.1, -0.05) is 32.9 Å². The van der Waals surface area contributed by atoms with Crippen LogP contribution < -0.4 is 15.8 Å². The van der Waals surface area contributed by atoms with Crippen LogP contribution in [0.5, 0.6) is 5.75 Å². The van der Waals surface area contributed by atoms with Crippen LogP contribution in [0.2, 0.25) is 0 Å². The summed E-state index contributed by atoms with van der Waals surface area (Å²) in [7, 11) is 0. The highest BCUT2D eigenvalue weighted by molar-refractivity contribution is 5.96. The number of hydrogen-bond donors (Lipinski definition) is 2. The average Bonchev–Trinajstić information content (AvgIpc) is 2.29. The summed E-state index contributed by atoms with van der Waals surface area (Å²) in [5.74, 6) is 0.462. The summed E-state index contributed by atoms with van der Waals surface area (Å²) in [5.41, 5.74) is 6.30. The Labute approximate surface area is 109 Å². The van der Waals surface area contributed by atoms with Gasteiger partial charge in [-0.2, -0.15) is 0 Å². The minimum absolute atomic E-state index is 0.199. The number of nitrogens with two attached hydrogens (primary N) is 1. The maximum Gasteiger partial charge on any atom is 0.241 e. The molecule has 0 saturated heterocycles. The Morgan fingerprint density at radius 3 is 2.56 bits per heavy atom. The Bertz CT molecular complexity index is 411. The fourth-order valence-corrected chi connectivity index (χ4v) is 1.46. The Morgan fingerprint density at radius 2 is 2.00 bits per heavy atom. The molecule has 1 rings (SSSR count). The molecule has 18 heavy (non-hydrogen) atoms. The van der Waals surface area contributed by atoms with Gasteiger partial charge in [-0.15, -0.1) is 0 Å². The summed E-state index contributed by atoms with van der Waals surface area (Å²) in [6.45, 7) is 8.26. The lowest BCUT2D eigenvalue weighted by molar-refractivity contribution is -0.119. The van der Waals surface area contributed by atoms with E-state index in [0.717, 1.165) is 0 Å². The molecule has 1 unspecified atom stereocenters. The van der Waals surface area contributed by atoms with E-state index < -0.39 is 6.04 Å². The molecule has 0 bridgehead atoms. The van der Waals surface area contributed by atoms with Crippen molar-refractivity contribution >= 4 is 11.6 Å². The molecule has 4 heteroatoms. The number of hydrogen-bond acceptors (Lipinski definition) is 3. The van der Waals surface area contributed by atoms with Crippen molar-refractivity contribution in [2.75, 3.05) is 11.9 Å². The van der Waals surface area contributed by atoms with Gasteiger partial charge in [0, 0.05) is 0 Å². The molecule has 0 spiro atoms. The van der Waals surface area contributed by atoms with Gasteiger partial charge in [0.1, 0.15) is 5.75 Å². The molecule has 1 atom stereocenters. The molecule has 0 aliphatic rings. The van der Waals surface area contributed by atoms with E-state index in [-0.39, 0.29) is 11.3 Å². The third kappa shape index (κ3) is 3.74. The van der Waals surface area contributed by atoms with Crippen LogP contribution in [0.25, 0.3) is 0 Å². The number of benzene rings is 1. The van der Waals surface area contributed by atoms with Crippen LogP contribution in [0.1, 0.15) is 27.7 Å². The maximum absolute atomic E-state index is 12.0. The van der Waals surface area contributed by atoms with Crippen molar-refractivity contribution in [3.05, 3.63) is 24.3 Å². The lowest BCUT2D eigenvalue weighted by atomic mass is 9.87. The van der Waals surface area contributed by atoms with Crippen molar-refractivity contribution in [1.82, 2.24) is 0 Å². The minimum Gasteiger partial charge on any atom is -0.492 e. The Morgan fingerprint density at radius 1 is 1.39 bits per heavy atom. The first kappa shape index (κ1) is 14.5. The van der Waals surface area contributed by atoms with Gasteiger partial charge in [0.05, 0.1) is 18.3 Å². The SMILES string of the molecule is CCOc1ccccc1NC(=O)C(N)C(C)(C)C. The number of carbonyl (C=O) groups excluding carboxylic acids is 1. The lowest BCUT2D eigenvalue weighted by Gasteiger charge is -2.26. The molecule has 0 aliphatic heterocycles. The second kappa shape index (κ2) is 5.87. The lowest BCUT2D eigenvalue weighted by Crippen LogP contribution is -2.45. The van der Waals surface area contributed by atoms with Crippen molar-refractivity contribution in [2.24, 2.45) is 11.1 Å². The van der Waals surface area contributed by atoms with E-state index in [4.69, 9.17) is 10.5 Å². The molecular weight excluding hydrogens is 228 g/mol. The van der Waals surface area contributed by atoms with Crippen molar-refractivity contribution in [1.29, 1.82) is 0 Å². The summed E-state index contributed by atoms with van der Waals surface area (Å²) in [6, 6.07) is 6.78. The predicted octanol–water partition coefficient (Wildman–Crippen LogP) is 2.40. The number of carbonyl (C=O) groups is 1. The monoisotopic (exact) mass is 250 g/mol. The molecule has 0 aromatic heterocycles. The van der Waals surface area contributed by atoms with Gasteiger partial charge in [-0.05, 0) is 24.5 Å². The van der Waals surface area contributed by atoms with E-state index in [1.807, 2.05) is 45.9 Å². The van der Waals surface area contributed by atoms with Crippen molar-refractivity contribution in [3.63, 3.8) is 0 Å². The zero-order valence-electron chi connectivity index (χ0n) is 11.5. The first-order valence-corrected chi connectivity index (χ1v) is 6.14. The van der Waals surface area contributed by atoms with E-state index >= 15 is 0 Å². The zero-order valence-corrected chi connectivity index (χ0v) is 11.5. The highest BCUT2D eigenvalue weighted by Crippen LogP contribution is 2.25. The molecule has 4 nitrogen and oxygen atoms in total. The van der Waals surface area contributed by atoms with E-state index in [0.29, 0.717) is 18.0 Å². The maximum atomic E-state index is 12.0. The van der Waals surface area contributed by atoms with Gasteiger partial charge in [-0.25, -0.2) is 0 Å². The molecule has 0 aliphatic carbocycles. The van der Waals surface area contributed by atoms with Gasteiger partial charge >= 0.3 is 0 Å². The van der Waals surface area contributed by atoms with Gasteiger partial charge in [0.2, 0.25) is 5.91 Å². The fourth-order valence-electron chi connectivity index (χ4n) is 1.46. The van der Waals surface area contributed by atoms with Gasteiger partial charge in [0.25, 0.3) is 0 Å². The first-order chi connectivity index (χ1) is 8.36. The second-order valence-corrected chi connectivity index (χ2v) is 5.26. The van der Waals surface area contributed by atoms with Crippen LogP contribution in [0.3, 0.4) is 0 Å². The van der Waals surface area contributed by atoms with Gasteiger partial charge < -0.3 is 15.8 Å². The number of para-hydroxylation sites is 2. The fraction of sp³-hybridized carbons (Fsp3) is 0.500. The first-order valence-electron chi connectivity index (χ1n) is 6.14. The summed E-state index contributed by atoms with van der Waals surface area (Å²) in [5, 5.41) is 2.81. The van der Waals surface area contributed by atoms with Crippen molar-refractivity contribution < 1.29 is 9.53 Å². The summed E-state index contributed by atoms with van der Waals surface area (Å²) in [6.07, 6.45) is 0. The summed E-state index contributed by atoms with van der Waals surface area (Å²) in [4.78, 5) is 12.0. The van der Waals surface area contributed by atoms with Crippen molar-refractivity contribution in [3.8, 4) is 5.75 Å². The van der Waals surface area contributed by atoms with Crippen LogP contribution in [-0.2, 0) is 4.79 Å². The molecule has 1 aromatic carbocycles. The average molecular weight is 250 g/mol. The molecule has 0 saturated carbocycles. The van der Waals surface area contributed by atoms with E-state index in [2.05, 4.69) is 5.32 Å². The van der Waals surface area contributed by atoms with Crippen LogP contribution in [0.15, 0.2) is 24.3 Å². The Hall–Kier alpha value is -1.55. The quantitative estimate of drug-likeness (QED) is 0.862. The Kier molecular flexibility index (Phi) is 4.73. The predicted molar refractivity (Wildman–Crippen MR) is 73.7 cm³/mol. The normalized spacial score (nSPS) is 12.9. The number of nitrogens with one attached hydrogen (secondary N) is 1. The van der Waals surface area contributed by atoms with Crippen LogP contribution in [0.4, 0.5) is 5.69 Å². The van der Waals surface area contributed by atoms with Crippen LogP contribution >= 0.6 is 0 Å². The minimum atomic E-state index is -0.563. The van der Waals surface area contributed by atoms with E-state index in [1.54, 1.807) is 6.07 Å². The molecule has 1 amide bonds. The van der Waals surface area contributed by atoms with Crippen molar-refractivity contribution in [2.45, 2.75) is 33.7 Å². The largest absolute Gasteiger partial charge is 0.492 e. The molecule has 3 N–H and O–H groups in total. The Balaban J connectivity index is 2.82. The highest BCUT2D eigenvalue weighted by atomic mass is 16.5. The molecule has 100 valence electrons. The number of anilines is 1. The highest BCUT2D eigenvalue weighted by Gasteiger charge is 2.27. The molecule has 1 aromatic rings. The third-order valence-electron chi connectivity index (χ3n) is 2.66. The van der Waals surface area contributed by atoms with Crippen LogP contribution in [0, 0.1) is 5.41 Å². The third-order valence-corrected chi connectivity index (χ3v) is 2.66. The molecule has 0 fully saturated rings. The number of ether oxygens (including phenoxy) is 1.